The minimum absolute atomic E-state index is 0.329. The quantitative estimate of drug-likeness (QED) is 0.676. The van der Waals surface area contributed by atoms with E-state index in [0.29, 0.717) is 20.9 Å². The third-order valence-electron chi connectivity index (χ3n) is 2.29. The van der Waals surface area contributed by atoms with Crippen molar-refractivity contribution in [3.8, 4) is 0 Å². The van der Waals surface area contributed by atoms with Crippen molar-refractivity contribution in [2.45, 2.75) is 0 Å². The highest BCUT2D eigenvalue weighted by atomic mass is 79.9. The van der Waals surface area contributed by atoms with Crippen LogP contribution in [0, 0.1) is 5.82 Å². The van der Waals surface area contributed by atoms with Crippen LogP contribution in [-0.2, 0) is 0 Å². The van der Waals surface area contributed by atoms with Gasteiger partial charge in [0.15, 0.2) is 0 Å². The zero-order valence-electron chi connectivity index (χ0n) is 8.98. The topological polar surface area (TPSA) is 38.0 Å². The first-order chi connectivity index (χ1) is 8.47. The van der Waals surface area contributed by atoms with Crippen LogP contribution in [0.4, 0.5) is 21.5 Å². The van der Waals surface area contributed by atoms with Gasteiger partial charge in [-0.25, -0.2) is 4.39 Å². The van der Waals surface area contributed by atoms with E-state index in [0.717, 1.165) is 10.2 Å². The van der Waals surface area contributed by atoms with Gasteiger partial charge in [-0.3, -0.25) is 0 Å². The molecule has 0 aromatic heterocycles. The second kappa shape index (κ2) is 5.47. The highest BCUT2D eigenvalue weighted by Crippen LogP contribution is 2.33. The smallest absolute Gasteiger partial charge is 0.139 e. The molecule has 0 radical (unpaired) electrons. The molecule has 2 rings (SSSR count). The van der Waals surface area contributed by atoms with Gasteiger partial charge in [-0.2, -0.15) is 0 Å². The summed E-state index contributed by atoms with van der Waals surface area (Å²) in [5.41, 5.74) is 7.46. The fourth-order valence-corrected chi connectivity index (χ4v) is 2.29. The van der Waals surface area contributed by atoms with Crippen LogP contribution in [0.1, 0.15) is 0 Å². The van der Waals surface area contributed by atoms with Crippen LogP contribution in [0.2, 0.25) is 5.02 Å². The summed E-state index contributed by atoms with van der Waals surface area (Å²) < 4.78 is 14.6. The monoisotopic (exact) mass is 392 g/mol. The summed E-state index contributed by atoms with van der Waals surface area (Å²) >= 11 is 12.4. The lowest BCUT2D eigenvalue weighted by molar-refractivity contribution is 0.622. The molecule has 0 aliphatic rings. The molecule has 0 saturated carbocycles. The Bertz CT molecular complexity index is 605. The zero-order valence-corrected chi connectivity index (χ0v) is 12.9. The highest BCUT2D eigenvalue weighted by molar-refractivity contribution is 9.10. The number of anilines is 3. The molecule has 3 N–H and O–H groups in total. The minimum Gasteiger partial charge on any atom is -0.397 e. The molecule has 2 aromatic rings. The Kier molecular flexibility index (Phi) is 4.14. The summed E-state index contributed by atoms with van der Waals surface area (Å²) in [6, 6.07) is 8.12. The van der Waals surface area contributed by atoms with Gasteiger partial charge < -0.3 is 11.1 Å². The van der Waals surface area contributed by atoms with Crippen molar-refractivity contribution in [2.75, 3.05) is 11.1 Å². The molecule has 2 aromatic carbocycles. The summed E-state index contributed by atoms with van der Waals surface area (Å²) in [5, 5.41) is 3.61. The van der Waals surface area contributed by atoms with E-state index in [1.165, 1.54) is 12.1 Å². The fourth-order valence-electron chi connectivity index (χ4n) is 1.41. The number of halogens is 4. The molecular formula is C12H8Br2ClFN2. The Morgan fingerprint density at radius 3 is 2.50 bits per heavy atom. The van der Waals surface area contributed by atoms with Gasteiger partial charge in [-0.1, -0.05) is 11.6 Å². The van der Waals surface area contributed by atoms with Crippen LogP contribution in [0.5, 0.6) is 0 Å². The fraction of sp³-hybridized carbons (Fsp3) is 0. The number of nitrogens with two attached hydrogens (primary N) is 1. The third kappa shape index (κ3) is 2.96. The van der Waals surface area contributed by atoms with Crippen molar-refractivity contribution in [3.63, 3.8) is 0 Å². The molecule has 18 heavy (non-hydrogen) atoms. The van der Waals surface area contributed by atoms with E-state index < -0.39 is 0 Å². The number of hydrogen-bond acceptors (Lipinski definition) is 2. The molecule has 0 saturated heterocycles. The summed E-state index contributed by atoms with van der Waals surface area (Å²) in [4.78, 5) is 0. The Hall–Kier alpha value is -0.780. The van der Waals surface area contributed by atoms with Crippen LogP contribution in [0.25, 0.3) is 0 Å². The van der Waals surface area contributed by atoms with Gasteiger partial charge in [-0.15, -0.1) is 0 Å². The van der Waals surface area contributed by atoms with Crippen LogP contribution in [-0.4, -0.2) is 0 Å². The second-order valence-corrected chi connectivity index (χ2v) is 5.75. The molecule has 0 unspecified atom stereocenters. The maximum absolute atomic E-state index is 13.5. The van der Waals surface area contributed by atoms with E-state index in [9.17, 15) is 4.39 Å². The predicted molar refractivity (Wildman–Crippen MR) is 80.9 cm³/mol. The zero-order chi connectivity index (χ0) is 13.3. The molecule has 0 bridgehead atoms. The summed E-state index contributed by atoms with van der Waals surface area (Å²) in [6.07, 6.45) is 0. The van der Waals surface area contributed by atoms with Gasteiger partial charge in [0.2, 0.25) is 0 Å². The summed E-state index contributed by atoms with van der Waals surface area (Å²) in [5.74, 6) is -0.384. The first-order valence-electron chi connectivity index (χ1n) is 4.94. The number of benzene rings is 2. The van der Waals surface area contributed by atoms with E-state index in [1.807, 2.05) is 0 Å². The standard InChI is InChI=1S/C12H8Br2ClFN2/c13-7-2-1-6(15)3-11(7)18-12-5-9(16)8(14)4-10(12)17/h1-5,18H,17H2. The Labute approximate surface area is 126 Å². The van der Waals surface area contributed by atoms with E-state index in [2.05, 4.69) is 37.2 Å². The van der Waals surface area contributed by atoms with Gasteiger partial charge >= 0.3 is 0 Å². The lowest BCUT2D eigenvalue weighted by atomic mass is 10.2. The summed E-state index contributed by atoms with van der Waals surface area (Å²) in [7, 11) is 0. The maximum atomic E-state index is 13.5. The second-order valence-electron chi connectivity index (χ2n) is 3.60. The summed E-state index contributed by atoms with van der Waals surface area (Å²) in [6.45, 7) is 0. The van der Waals surface area contributed by atoms with Crippen LogP contribution < -0.4 is 11.1 Å². The first kappa shape index (κ1) is 13.6. The SMILES string of the molecule is Nc1cc(Br)c(F)cc1Nc1cc(Cl)ccc1Br. The van der Waals surface area contributed by atoms with E-state index in [4.69, 9.17) is 17.3 Å². The van der Waals surface area contributed by atoms with Crippen molar-refractivity contribution >= 4 is 60.5 Å². The van der Waals surface area contributed by atoms with Crippen molar-refractivity contribution in [2.24, 2.45) is 0 Å². The Morgan fingerprint density at radius 1 is 1.06 bits per heavy atom. The van der Waals surface area contributed by atoms with Crippen molar-refractivity contribution < 1.29 is 4.39 Å². The lowest BCUT2D eigenvalue weighted by Gasteiger charge is -2.12. The molecule has 0 spiro atoms. The van der Waals surface area contributed by atoms with Crippen molar-refractivity contribution in [1.82, 2.24) is 0 Å². The minimum atomic E-state index is -0.384. The normalized spacial score (nSPS) is 10.4. The molecule has 0 amide bonds. The largest absolute Gasteiger partial charge is 0.397 e. The number of nitrogens with one attached hydrogen (secondary N) is 1. The average Bonchev–Trinajstić information content (AvgIpc) is 2.30. The number of rotatable bonds is 2. The third-order valence-corrected chi connectivity index (χ3v) is 3.82. The van der Waals surface area contributed by atoms with Crippen molar-refractivity contribution in [3.05, 3.63) is 50.1 Å². The van der Waals surface area contributed by atoms with Gasteiger partial charge in [-0.05, 0) is 56.1 Å². The molecule has 94 valence electrons. The maximum Gasteiger partial charge on any atom is 0.139 e. The van der Waals surface area contributed by atoms with Gasteiger partial charge in [0.05, 0.1) is 21.5 Å². The average molecular weight is 394 g/mol. The molecule has 2 nitrogen and oxygen atoms in total. The molecule has 0 aliphatic heterocycles. The van der Waals surface area contributed by atoms with Gasteiger partial charge in [0, 0.05) is 15.6 Å². The van der Waals surface area contributed by atoms with E-state index >= 15 is 0 Å². The highest BCUT2D eigenvalue weighted by Gasteiger charge is 2.08. The van der Waals surface area contributed by atoms with Gasteiger partial charge in [0.25, 0.3) is 0 Å². The molecular weight excluding hydrogens is 386 g/mol. The lowest BCUT2D eigenvalue weighted by Crippen LogP contribution is -1.98. The Morgan fingerprint density at radius 2 is 1.78 bits per heavy atom. The Balaban J connectivity index is 2.40. The van der Waals surface area contributed by atoms with Gasteiger partial charge in [0.1, 0.15) is 5.82 Å². The molecule has 0 fully saturated rings. The molecule has 0 aliphatic carbocycles. The molecule has 6 heteroatoms. The van der Waals surface area contributed by atoms with E-state index in [-0.39, 0.29) is 5.82 Å². The number of hydrogen-bond donors (Lipinski definition) is 2. The molecule has 0 heterocycles. The van der Waals surface area contributed by atoms with Crippen LogP contribution >= 0.6 is 43.5 Å². The van der Waals surface area contributed by atoms with Crippen molar-refractivity contribution in [1.29, 1.82) is 0 Å². The van der Waals surface area contributed by atoms with E-state index in [1.54, 1.807) is 18.2 Å². The van der Waals surface area contributed by atoms with Crippen LogP contribution in [0.3, 0.4) is 0 Å². The predicted octanol–water partition coefficient (Wildman–Crippen LogP) is 5.33. The van der Waals surface area contributed by atoms with Crippen LogP contribution in [0.15, 0.2) is 39.3 Å². The first-order valence-corrected chi connectivity index (χ1v) is 6.90. The number of nitrogen functional groups attached to an aromatic ring is 1. The molecule has 0 atom stereocenters.